The summed E-state index contributed by atoms with van der Waals surface area (Å²) >= 11 is 1.19. The van der Waals surface area contributed by atoms with E-state index in [9.17, 15) is 4.79 Å². The fourth-order valence-electron chi connectivity index (χ4n) is 2.56. The second-order valence-corrected chi connectivity index (χ2v) is 7.21. The van der Waals surface area contributed by atoms with Crippen molar-refractivity contribution in [1.29, 1.82) is 0 Å². The Morgan fingerprint density at radius 1 is 1.07 bits per heavy atom. The van der Waals surface area contributed by atoms with Crippen LogP contribution in [-0.2, 0) is 11.4 Å². The minimum atomic E-state index is -0.128. The Bertz CT molecular complexity index is 919. The van der Waals surface area contributed by atoms with Crippen LogP contribution in [0.25, 0.3) is 0 Å². The SMILES string of the molecule is Cc1cccc(NC(=O)CSc2nnc(COc3cc(C)cc(C)c3)o2)c1. The zero-order chi connectivity index (χ0) is 19.2. The first-order chi connectivity index (χ1) is 13.0. The number of benzene rings is 2. The van der Waals surface area contributed by atoms with Gasteiger partial charge in [0.25, 0.3) is 11.1 Å². The Morgan fingerprint density at radius 3 is 2.59 bits per heavy atom. The molecule has 0 saturated heterocycles. The van der Waals surface area contributed by atoms with Gasteiger partial charge in [-0.05, 0) is 61.7 Å². The minimum absolute atomic E-state index is 0.128. The van der Waals surface area contributed by atoms with Crippen LogP contribution in [0.15, 0.2) is 52.1 Å². The molecule has 3 aromatic rings. The van der Waals surface area contributed by atoms with Crippen LogP contribution in [0.5, 0.6) is 5.75 Å². The van der Waals surface area contributed by atoms with Crippen molar-refractivity contribution >= 4 is 23.4 Å². The van der Waals surface area contributed by atoms with Gasteiger partial charge in [-0.3, -0.25) is 4.79 Å². The number of hydrogen-bond donors (Lipinski definition) is 1. The zero-order valence-corrected chi connectivity index (χ0v) is 16.3. The highest BCUT2D eigenvalue weighted by atomic mass is 32.2. The van der Waals surface area contributed by atoms with E-state index in [1.165, 1.54) is 11.8 Å². The third-order valence-electron chi connectivity index (χ3n) is 3.63. The van der Waals surface area contributed by atoms with Crippen LogP contribution in [-0.4, -0.2) is 21.9 Å². The van der Waals surface area contributed by atoms with Gasteiger partial charge in [0.15, 0.2) is 6.61 Å². The molecule has 0 spiro atoms. The van der Waals surface area contributed by atoms with E-state index in [-0.39, 0.29) is 18.3 Å². The van der Waals surface area contributed by atoms with Gasteiger partial charge in [0.2, 0.25) is 5.91 Å². The van der Waals surface area contributed by atoms with E-state index >= 15 is 0 Å². The average molecular weight is 383 g/mol. The number of nitrogens with one attached hydrogen (secondary N) is 1. The van der Waals surface area contributed by atoms with E-state index in [4.69, 9.17) is 9.15 Å². The molecule has 1 amide bonds. The predicted molar refractivity (Wildman–Crippen MR) is 105 cm³/mol. The van der Waals surface area contributed by atoms with E-state index in [2.05, 4.69) is 21.6 Å². The average Bonchev–Trinajstić information content (AvgIpc) is 3.05. The number of rotatable bonds is 7. The molecule has 27 heavy (non-hydrogen) atoms. The second kappa shape index (κ2) is 8.73. The molecule has 0 aliphatic rings. The molecule has 1 aromatic heterocycles. The molecule has 6 nitrogen and oxygen atoms in total. The molecule has 2 aromatic carbocycles. The highest BCUT2D eigenvalue weighted by Crippen LogP contribution is 2.20. The van der Waals surface area contributed by atoms with Crippen molar-refractivity contribution in [3.8, 4) is 5.75 Å². The van der Waals surface area contributed by atoms with E-state index < -0.39 is 0 Å². The number of nitrogens with zero attached hydrogens (tertiary/aromatic N) is 2. The summed E-state index contributed by atoms with van der Waals surface area (Å²) in [4.78, 5) is 12.0. The summed E-state index contributed by atoms with van der Waals surface area (Å²) in [5.74, 6) is 1.19. The first kappa shape index (κ1) is 19.0. The smallest absolute Gasteiger partial charge is 0.277 e. The Labute approximate surface area is 162 Å². The van der Waals surface area contributed by atoms with Crippen molar-refractivity contribution in [2.24, 2.45) is 0 Å². The lowest BCUT2D eigenvalue weighted by Gasteiger charge is -2.05. The molecule has 0 saturated carbocycles. The third kappa shape index (κ3) is 5.86. The summed E-state index contributed by atoms with van der Waals surface area (Å²) in [7, 11) is 0. The monoisotopic (exact) mass is 383 g/mol. The zero-order valence-electron chi connectivity index (χ0n) is 15.5. The van der Waals surface area contributed by atoms with Gasteiger partial charge in [0.1, 0.15) is 5.75 Å². The van der Waals surface area contributed by atoms with E-state index in [1.807, 2.05) is 57.2 Å². The lowest BCUT2D eigenvalue weighted by Crippen LogP contribution is -2.13. The number of aryl methyl sites for hydroxylation is 3. The van der Waals surface area contributed by atoms with Crippen LogP contribution >= 0.6 is 11.8 Å². The molecule has 0 radical (unpaired) electrons. The Morgan fingerprint density at radius 2 is 1.85 bits per heavy atom. The van der Waals surface area contributed by atoms with Crippen molar-refractivity contribution in [3.05, 3.63) is 65.0 Å². The molecule has 0 fully saturated rings. The molecule has 3 rings (SSSR count). The maximum atomic E-state index is 12.0. The second-order valence-electron chi connectivity index (χ2n) is 6.28. The van der Waals surface area contributed by atoms with Gasteiger partial charge in [0.05, 0.1) is 5.75 Å². The molecular formula is C20H21N3O3S. The number of hydrogen-bond acceptors (Lipinski definition) is 6. The van der Waals surface area contributed by atoms with Gasteiger partial charge >= 0.3 is 0 Å². The highest BCUT2D eigenvalue weighted by molar-refractivity contribution is 7.99. The quantitative estimate of drug-likeness (QED) is 0.613. The molecule has 1 N–H and O–H groups in total. The lowest BCUT2D eigenvalue weighted by molar-refractivity contribution is -0.113. The van der Waals surface area contributed by atoms with Gasteiger partial charge in [-0.25, -0.2) is 0 Å². The van der Waals surface area contributed by atoms with E-state index in [1.54, 1.807) is 0 Å². The lowest BCUT2D eigenvalue weighted by atomic mass is 10.1. The fourth-order valence-corrected chi connectivity index (χ4v) is 3.14. The standard InChI is InChI=1S/C20H21N3O3S/c1-13-5-4-6-16(8-13)21-18(24)12-27-20-23-22-19(26-20)11-25-17-9-14(2)7-15(3)10-17/h4-10H,11-12H2,1-3H3,(H,21,24). The molecule has 0 aliphatic carbocycles. The van der Waals surface area contributed by atoms with Crippen LogP contribution in [0.4, 0.5) is 5.69 Å². The van der Waals surface area contributed by atoms with Gasteiger partial charge in [-0.15, -0.1) is 10.2 Å². The largest absolute Gasteiger partial charge is 0.484 e. The van der Waals surface area contributed by atoms with Crippen LogP contribution in [0.1, 0.15) is 22.6 Å². The molecule has 0 unspecified atom stereocenters. The van der Waals surface area contributed by atoms with Gasteiger partial charge < -0.3 is 14.5 Å². The predicted octanol–water partition coefficient (Wildman–Crippen LogP) is 4.30. The molecule has 1 heterocycles. The molecule has 7 heteroatoms. The molecule has 0 atom stereocenters. The molecule has 140 valence electrons. The highest BCUT2D eigenvalue weighted by Gasteiger charge is 2.11. The van der Waals surface area contributed by atoms with Crippen LogP contribution in [0, 0.1) is 20.8 Å². The summed E-state index contributed by atoms with van der Waals surface area (Å²) in [6, 6.07) is 13.6. The summed E-state index contributed by atoms with van der Waals surface area (Å²) < 4.78 is 11.2. The molecular weight excluding hydrogens is 362 g/mol. The molecule has 0 bridgehead atoms. The van der Waals surface area contributed by atoms with Crippen LogP contribution in [0.2, 0.25) is 0 Å². The first-order valence-electron chi connectivity index (χ1n) is 8.51. The maximum Gasteiger partial charge on any atom is 0.277 e. The van der Waals surface area contributed by atoms with Crippen molar-refractivity contribution in [2.45, 2.75) is 32.6 Å². The number of anilines is 1. The van der Waals surface area contributed by atoms with Gasteiger partial charge in [-0.2, -0.15) is 0 Å². The normalized spacial score (nSPS) is 10.6. The summed E-state index contributed by atoms with van der Waals surface area (Å²) in [5.41, 5.74) is 4.12. The summed E-state index contributed by atoms with van der Waals surface area (Å²) in [5, 5.41) is 11.1. The van der Waals surface area contributed by atoms with E-state index in [0.29, 0.717) is 11.1 Å². The number of aromatic nitrogens is 2. The molecule has 0 aliphatic heterocycles. The fraction of sp³-hybridized carbons (Fsp3) is 0.250. The topological polar surface area (TPSA) is 77.2 Å². The third-order valence-corrected chi connectivity index (χ3v) is 4.45. The number of thioether (sulfide) groups is 1. The Balaban J connectivity index is 1.48. The summed E-state index contributed by atoms with van der Waals surface area (Å²) in [6.07, 6.45) is 0. The first-order valence-corrected chi connectivity index (χ1v) is 9.49. The van der Waals surface area contributed by atoms with E-state index in [0.717, 1.165) is 28.1 Å². The minimum Gasteiger partial charge on any atom is -0.484 e. The van der Waals surface area contributed by atoms with Crippen molar-refractivity contribution in [1.82, 2.24) is 10.2 Å². The Kier molecular flexibility index (Phi) is 6.13. The van der Waals surface area contributed by atoms with Gasteiger partial charge in [0, 0.05) is 5.69 Å². The Hall–Kier alpha value is -2.80. The van der Waals surface area contributed by atoms with Crippen molar-refractivity contribution in [3.63, 3.8) is 0 Å². The van der Waals surface area contributed by atoms with Crippen LogP contribution < -0.4 is 10.1 Å². The van der Waals surface area contributed by atoms with Crippen LogP contribution in [0.3, 0.4) is 0 Å². The van der Waals surface area contributed by atoms with Crippen molar-refractivity contribution < 1.29 is 13.9 Å². The van der Waals surface area contributed by atoms with Crippen molar-refractivity contribution in [2.75, 3.05) is 11.1 Å². The number of amides is 1. The van der Waals surface area contributed by atoms with Gasteiger partial charge in [-0.1, -0.05) is 30.0 Å². The summed E-state index contributed by atoms with van der Waals surface area (Å²) in [6.45, 7) is 6.20. The number of carbonyl (C=O) groups excluding carboxylic acids is 1. The number of ether oxygens (including phenoxy) is 1. The maximum absolute atomic E-state index is 12.0. The number of carbonyl (C=O) groups is 1.